The standard InChI is InChI=1S/C18H28N2O/c1-13-4-2-5-14(12-13)10-11-19-16-6-3-7-17-15(16)8-9-18(21)20-17/h8-9,13-14,16,19H,2-7,10-12H2,1H3,(H,20,21). The molecule has 3 rings (SSSR count). The van der Waals surface area contributed by atoms with Gasteiger partial charge in [0, 0.05) is 17.8 Å². The van der Waals surface area contributed by atoms with Crippen molar-refractivity contribution < 1.29 is 0 Å². The molecule has 3 heteroatoms. The molecule has 1 fully saturated rings. The summed E-state index contributed by atoms with van der Waals surface area (Å²) in [5.41, 5.74) is 2.50. The predicted molar refractivity (Wildman–Crippen MR) is 86.5 cm³/mol. The minimum atomic E-state index is 0.0330. The molecule has 1 aromatic heterocycles. The van der Waals surface area contributed by atoms with Gasteiger partial charge in [-0.05, 0) is 56.0 Å². The third-order valence-corrected chi connectivity index (χ3v) is 5.32. The number of rotatable bonds is 4. The first-order chi connectivity index (χ1) is 10.2. The average Bonchev–Trinajstić information content (AvgIpc) is 2.47. The second-order valence-corrected chi connectivity index (χ2v) is 7.08. The van der Waals surface area contributed by atoms with E-state index in [9.17, 15) is 4.79 Å². The van der Waals surface area contributed by atoms with Crippen molar-refractivity contribution in [3.8, 4) is 0 Å². The summed E-state index contributed by atoms with van der Waals surface area (Å²) >= 11 is 0. The number of aryl methyl sites for hydroxylation is 1. The second-order valence-electron chi connectivity index (χ2n) is 7.08. The zero-order valence-corrected chi connectivity index (χ0v) is 13.2. The van der Waals surface area contributed by atoms with Crippen LogP contribution in [0.5, 0.6) is 0 Å². The van der Waals surface area contributed by atoms with E-state index in [1.165, 1.54) is 50.5 Å². The first-order valence-electron chi connectivity index (χ1n) is 8.68. The van der Waals surface area contributed by atoms with Crippen molar-refractivity contribution in [3.63, 3.8) is 0 Å². The van der Waals surface area contributed by atoms with Crippen molar-refractivity contribution >= 4 is 0 Å². The molecule has 0 spiro atoms. The highest BCUT2D eigenvalue weighted by Crippen LogP contribution is 2.31. The minimum absolute atomic E-state index is 0.0330. The molecule has 2 N–H and O–H groups in total. The number of hydrogen-bond donors (Lipinski definition) is 2. The number of aromatic amines is 1. The average molecular weight is 288 g/mol. The number of aromatic nitrogens is 1. The van der Waals surface area contributed by atoms with Crippen LogP contribution in [0.2, 0.25) is 0 Å². The van der Waals surface area contributed by atoms with Gasteiger partial charge in [0.05, 0.1) is 0 Å². The van der Waals surface area contributed by atoms with Crippen LogP contribution in [0.3, 0.4) is 0 Å². The molecule has 1 saturated carbocycles. The number of H-pyrrole nitrogens is 1. The van der Waals surface area contributed by atoms with Crippen molar-refractivity contribution in [1.29, 1.82) is 0 Å². The van der Waals surface area contributed by atoms with Crippen LogP contribution < -0.4 is 10.9 Å². The van der Waals surface area contributed by atoms with Crippen LogP contribution in [-0.4, -0.2) is 11.5 Å². The van der Waals surface area contributed by atoms with E-state index in [1.807, 2.05) is 6.07 Å². The van der Waals surface area contributed by atoms with Crippen LogP contribution in [0.1, 0.15) is 69.2 Å². The van der Waals surface area contributed by atoms with E-state index >= 15 is 0 Å². The smallest absolute Gasteiger partial charge is 0.248 e. The van der Waals surface area contributed by atoms with Gasteiger partial charge in [-0.1, -0.05) is 32.3 Å². The van der Waals surface area contributed by atoms with Gasteiger partial charge >= 0.3 is 0 Å². The van der Waals surface area contributed by atoms with Gasteiger partial charge in [-0.2, -0.15) is 0 Å². The largest absolute Gasteiger partial charge is 0.326 e. The molecule has 2 aliphatic rings. The first kappa shape index (κ1) is 14.8. The molecular weight excluding hydrogens is 260 g/mol. The summed E-state index contributed by atoms with van der Waals surface area (Å²) in [5, 5.41) is 3.74. The molecule has 0 saturated heterocycles. The van der Waals surface area contributed by atoms with Crippen LogP contribution in [-0.2, 0) is 6.42 Å². The Morgan fingerprint density at radius 1 is 1.24 bits per heavy atom. The summed E-state index contributed by atoms with van der Waals surface area (Å²) in [7, 11) is 0. The van der Waals surface area contributed by atoms with Gasteiger partial charge in [-0.15, -0.1) is 0 Å². The third-order valence-electron chi connectivity index (χ3n) is 5.32. The summed E-state index contributed by atoms with van der Waals surface area (Å²) in [5.74, 6) is 1.84. The molecular formula is C18H28N2O. The molecule has 21 heavy (non-hydrogen) atoms. The highest BCUT2D eigenvalue weighted by Gasteiger charge is 2.22. The van der Waals surface area contributed by atoms with E-state index < -0.39 is 0 Å². The van der Waals surface area contributed by atoms with Crippen molar-refractivity contribution in [3.05, 3.63) is 33.7 Å². The van der Waals surface area contributed by atoms with Gasteiger partial charge in [0.1, 0.15) is 0 Å². The van der Waals surface area contributed by atoms with Crippen molar-refractivity contribution in [1.82, 2.24) is 10.3 Å². The highest BCUT2D eigenvalue weighted by atomic mass is 16.1. The lowest BCUT2D eigenvalue weighted by molar-refractivity contribution is 0.263. The molecule has 0 aromatic carbocycles. The molecule has 116 valence electrons. The Bertz CT molecular complexity index is 522. The monoisotopic (exact) mass is 288 g/mol. The van der Waals surface area contributed by atoms with Gasteiger partial charge in [0.2, 0.25) is 5.56 Å². The number of fused-ring (bicyclic) bond motifs is 1. The second kappa shape index (κ2) is 6.78. The summed E-state index contributed by atoms with van der Waals surface area (Å²) in [6.45, 7) is 3.51. The normalized spacial score (nSPS) is 29.1. The minimum Gasteiger partial charge on any atom is -0.326 e. The van der Waals surface area contributed by atoms with Crippen molar-refractivity contribution in [2.45, 2.75) is 64.3 Å². The van der Waals surface area contributed by atoms with Crippen LogP contribution in [0.25, 0.3) is 0 Å². The SMILES string of the molecule is CC1CCCC(CCNC2CCCc3[nH]c(=O)ccc32)C1. The van der Waals surface area contributed by atoms with E-state index in [1.54, 1.807) is 6.07 Å². The summed E-state index contributed by atoms with van der Waals surface area (Å²) in [4.78, 5) is 14.4. The summed E-state index contributed by atoms with van der Waals surface area (Å²) < 4.78 is 0. The predicted octanol–water partition coefficient (Wildman–Crippen LogP) is 3.56. The lowest BCUT2D eigenvalue weighted by Gasteiger charge is -2.29. The van der Waals surface area contributed by atoms with Crippen molar-refractivity contribution in [2.75, 3.05) is 6.54 Å². The maximum atomic E-state index is 11.4. The Hall–Kier alpha value is -1.09. The maximum Gasteiger partial charge on any atom is 0.248 e. The first-order valence-corrected chi connectivity index (χ1v) is 8.68. The van der Waals surface area contributed by atoms with Gasteiger partial charge in [0.15, 0.2) is 0 Å². The molecule has 0 aliphatic heterocycles. The lowest BCUT2D eigenvalue weighted by Crippen LogP contribution is -2.29. The van der Waals surface area contributed by atoms with E-state index in [-0.39, 0.29) is 5.56 Å². The lowest BCUT2D eigenvalue weighted by atomic mass is 9.81. The molecule has 1 aromatic rings. The quantitative estimate of drug-likeness (QED) is 0.890. The maximum absolute atomic E-state index is 11.4. The van der Waals surface area contributed by atoms with Gasteiger partial charge in [0.25, 0.3) is 0 Å². The fourth-order valence-electron chi connectivity index (χ4n) is 4.20. The molecule has 2 aliphatic carbocycles. The molecule has 0 radical (unpaired) electrons. The molecule has 3 atom stereocenters. The molecule has 3 nitrogen and oxygen atoms in total. The van der Waals surface area contributed by atoms with Crippen LogP contribution in [0.4, 0.5) is 0 Å². The third kappa shape index (κ3) is 3.76. The molecule has 3 unspecified atom stereocenters. The Morgan fingerprint density at radius 3 is 3.00 bits per heavy atom. The fourth-order valence-corrected chi connectivity index (χ4v) is 4.20. The summed E-state index contributed by atoms with van der Waals surface area (Å²) in [6, 6.07) is 4.13. The molecule has 0 amide bonds. The Morgan fingerprint density at radius 2 is 2.14 bits per heavy atom. The van der Waals surface area contributed by atoms with Gasteiger partial charge < -0.3 is 10.3 Å². The Kier molecular flexibility index (Phi) is 4.79. The van der Waals surface area contributed by atoms with Gasteiger partial charge in [-0.3, -0.25) is 4.79 Å². The zero-order chi connectivity index (χ0) is 14.7. The van der Waals surface area contributed by atoms with E-state index in [2.05, 4.69) is 17.2 Å². The highest BCUT2D eigenvalue weighted by molar-refractivity contribution is 5.26. The fraction of sp³-hybridized carbons (Fsp3) is 0.722. The zero-order valence-electron chi connectivity index (χ0n) is 13.2. The van der Waals surface area contributed by atoms with Gasteiger partial charge in [-0.25, -0.2) is 0 Å². The number of hydrogen-bond acceptors (Lipinski definition) is 2. The van der Waals surface area contributed by atoms with E-state index in [0.29, 0.717) is 6.04 Å². The van der Waals surface area contributed by atoms with Crippen LogP contribution in [0.15, 0.2) is 16.9 Å². The topological polar surface area (TPSA) is 44.9 Å². The van der Waals surface area contributed by atoms with Crippen LogP contribution >= 0.6 is 0 Å². The van der Waals surface area contributed by atoms with E-state index in [4.69, 9.17) is 0 Å². The van der Waals surface area contributed by atoms with E-state index in [0.717, 1.165) is 30.5 Å². The van der Waals surface area contributed by atoms with Crippen LogP contribution in [0, 0.1) is 11.8 Å². The Balaban J connectivity index is 1.53. The van der Waals surface area contributed by atoms with Crippen molar-refractivity contribution in [2.24, 2.45) is 11.8 Å². The molecule has 1 heterocycles. The Labute approximate surface area is 127 Å². The number of nitrogens with one attached hydrogen (secondary N) is 2. The number of pyridine rings is 1. The summed E-state index contributed by atoms with van der Waals surface area (Å²) in [6.07, 6.45) is 10.4. The molecule has 0 bridgehead atoms.